The van der Waals surface area contributed by atoms with Gasteiger partial charge >= 0.3 is 76.7 Å². The Kier molecular flexibility index (Phi) is 1.60. The SMILES string of the molecule is C1CC[C@H]2O[C@H]2c2[se]nnc2C1. The van der Waals surface area contributed by atoms with Crippen molar-refractivity contribution in [2.75, 3.05) is 0 Å². The molecular formula is C8H10N2OSe. The van der Waals surface area contributed by atoms with Crippen molar-refractivity contribution in [1.82, 2.24) is 9.19 Å². The van der Waals surface area contributed by atoms with E-state index in [0.29, 0.717) is 12.2 Å². The minimum atomic E-state index is 0.270. The molecule has 4 heteroatoms. The van der Waals surface area contributed by atoms with Gasteiger partial charge in [-0.3, -0.25) is 0 Å². The van der Waals surface area contributed by atoms with Crippen LogP contribution in [0.5, 0.6) is 0 Å². The second kappa shape index (κ2) is 2.66. The molecule has 0 amide bonds. The number of rotatable bonds is 0. The van der Waals surface area contributed by atoms with E-state index in [1.54, 1.807) is 0 Å². The molecule has 64 valence electrons. The average Bonchev–Trinajstić information content (AvgIpc) is 2.64. The number of nitrogens with zero attached hydrogens (tertiary/aromatic N) is 2. The van der Waals surface area contributed by atoms with Gasteiger partial charge in [0.2, 0.25) is 0 Å². The third-order valence-corrected chi connectivity index (χ3v) is 4.32. The molecule has 0 saturated carbocycles. The van der Waals surface area contributed by atoms with Gasteiger partial charge in [0.15, 0.2) is 0 Å². The zero-order valence-corrected chi connectivity index (χ0v) is 8.41. The van der Waals surface area contributed by atoms with E-state index in [1.165, 1.54) is 29.4 Å². The summed E-state index contributed by atoms with van der Waals surface area (Å²) >= 11 is 0.270. The number of fused-ring (bicyclic) bond motifs is 3. The minimum absolute atomic E-state index is 0.270. The molecule has 2 aliphatic rings. The van der Waals surface area contributed by atoms with Crippen LogP contribution in [-0.2, 0) is 11.2 Å². The van der Waals surface area contributed by atoms with Crippen LogP contribution in [0.25, 0.3) is 0 Å². The van der Waals surface area contributed by atoms with Gasteiger partial charge in [-0.1, -0.05) is 0 Å². The fourth-order valence-corrected chi connectivity index (χ4v) is 3.49. The molecular weight excluding hydrogens is 219 g/mol. The Labute approximate surface area is 77.1 Å². The summed E-state index contributed by atoms with van der Waals surface area (Å²) in [6.45, 7) is 0. The van der Waals surface area contributed by atoms with E-state index in [9.17, 15) is 0 Å². The molecule has 1 aliphatic heterocycles. The first-order valence-electron chi connectivity index (χ1n) is 4.42. The molecule has 3 nitrogen and oxygen atoms in total. The standard InChI is InChI=1S/C8H10N2OSe/c1-2-4-6-7(11-6)8-5(3-1)9-10-12-8/h6-7H,1-4H2/t6-,7-/m1/s1. The van der Waals surface area contributed by atoms with Gasteiger partial charge in [0.05, 0.1) is 0 Å². The van der Waals surface area contributed by atoms with E-state index in [-0.39, 0.29) is 14.7 Å². The van der Waals surface area contributed by atoms with Crippen molar-refractivity contribution >= 4 is 14.7 Å². The molecule has 0 N–H and O–H groups in total. The Morgan fingerprint density at radius 1 is 1.42 bits per heavy atom. The Morgan fingerprint density at radius 3 is 3.42 bits per heavy atom. The van der Waals surface area contributed by atoms with Crippen LogP contribution in [0.1, 0.15) is 35.5 Å². The van der Waals surface area contributed by atoms with E-state index in [2.05, 4.69) is 9.19 Å². The quantitative estimate of drug-likeness (QED) is 0.485. The molecule has 1 aromatic rings. The summed E-state index contributed by atoms with van der Waals surface area (Å²) in [7, 11) is 0. The molecule has 2 heterocycles. The maximum atomic E-state index is 5.59. The molecule has 1 aromatic heterocycles. The average molecular weight is 229 g/mol. The summed E-state index contributed by atoms with van der Waals surface area (Å²) < 4.78 is 11.1. The fourth-order valence-electron chi connectivity index (χ4n) is 1.84. The van der Waals surface area contributed by atoms with Gasteiger partial charge in [0.1, 0.15) is 0 Å². The predicted molar refractivity (Wildman–Crippen MR) is 44.1 cm³/mol. The van der Waals surface area contributed by atoms with E-state index in [1.807, 2.05) is 0 Å². The van der Waals surface area contributed by atoms with Crippen LogP contribution < -0.4 is 0 Å². The van der Waals surface area contributed by atoms with Gasteiger partial charge in [-0.25, -0.2) is 0 Å². The number of aryl methyl sites for hydroxylation is 1. The third kappa shape index (κ3) is 1.06. The molecule has 3 rings (SSSR count). The third-order valence-electron chi connectivity index (χ3n) is 2.58. The summed E-state index contributed by atoms with van der Waals surface area (Å²) in [6.07, 6.45) is 5.89. The van der Waals surface area contributed by atoms with E-state index < -0.39 is 0 Å². The molecule has 0 unspecified atom stereocenters. The first kappa shape index (κ1) is 7.24. The van der Waals surface area contributed by atoms with E-state index >= 15 is 0 Å². The Balaban J connectivity index is 1.97. The predicted octanol–water partition coefficient (Wildman–Crippen LogP) is 0.700. The summed E-state index contributed by atoms with van der Waals surface area (Å²) in [5.74, 6) is 0. The van der Waals surface area contributed by atoms with E-state index in [4.69, 9.17) is 4.74 Å². The summed E-state index contributed by atoms with van der Waals surface area (Å²) in [4.78, 5) is 0. The molecule has 1 aliphatic carbocycles. The Hall–Kier alpha value is -0.181. The van der Waals surface area contributed by atoms with Gasteiger partial charge < -0.3 is 0 Å². The second-order valence-corrected chi connectivity index (χ2v) is 5.07. The monoisotopic (exact) mass is 230 g/mol. The number of ether oxygens (including phenoxy) is 1. The molecule has 2 atom stereocenters. The van der Waals surface area contributed by atoms with Crippen LogP contribution >= 0.6 is 0 Å². The number of hydrogen-bond acceptors (Lipinski definition) is 3. The van der Waals surface area contributed by atoms with Gasteiger partial charge in [-0.05, 0) is 0 Å². The number of epoxide rings is 1. The van der Waals surface area contributed by atoms with Crippen molar-refractivity contribution in [3.63, 3.8) is 0 Å². The van der Waals surface area contributed by atoms with Crippen LogP contribution in [0.3, 0.4) is 0 Å². The number of aromatic nitrogens is 2. The van der Waals surface area contributed by atoms with Crippen molar-refractivity contribution < 1.29 is 4.74 Å². The van der Waals surface area contributed by atoms with Crippen molar-refractivity contribution in [2.45, 2.75) is 37.9 Å². The molecule has 0 radical (unpaired) electrons. The first-order chi connectivity index (χ1) is 5.95. The van der Waals surface area contributed by atoms with Crippen LogP contribution in [0.2, 0.25) is 0 Å². The fraction of sp³-hybridized carbons (Fsp3) is 0.750. The van der Waals surface area contributed by atoms with Crippen molar-refractivity contribution in [1.29, 1.82) is 0 Å². The van der Waals surface area contributed by atoms with Gasteiger partial charge in [0.25, 0.3) is 0 Å². The summed E-state index contributed by atoms with van der Waals surface area (Å²) in [6, 6.07) is 0. The second-order valence-electron chi connectivity index (χ2n) is 3.42. The zero-order valence-electron chi connectivity index (χ0n) is 6.69. The van der Waals surface area contributed by atoms with Crippen LogP contribution in [0, 0.1) is 0 Å². The van der Waals surface area contributed by atoms with Crippen molar-refractivity contribution in [2.24, 2.45) is 0 Å². The molecule has 12 heavy (non-hydrogen) atoms. The summed E-state index contributed by atoms with van der Waals surface area (Å²) in [5, 5.41) is 4.19. The molecule has 0 spiro atoms. The number of hydrogen-bond donors (Lipinski definition) is 0. The zero-order chi connectivity index (χ0) is 7.97. The molecule has 0 aromatic carbocycles. The normalized spacial score (nSPS) is 33.0. The molecule has 1 fully saturated rings. The Morgan fingerprint density at radius 2 is 2.42 bits per heavy atom. The maximum absolute atomic E-state index is 5.59. The summed E-state index contributed by atoms with van der Waals surface area (Å²) in [5.41, 5.74) is 1.25. The van der Waals surface area contributed by atoms with Gasteiger partial charge in [0, 0.05) is 0 Å². The first-order valence-corrected chi connectivity index (χ1v) is 6.04. The van der Waals surface area contributed by atoms with Crippen LogP contribution in [-0.4, -0.2) is 30.0 Å². The topological polar surface area (TPSA) is 38.3 Å². The van der Waals surface area contributed by atoms with Crippen molar-refractivity contribution in [3.8, 4) is 0 Å². The molecule has 1 saturated heterocycles. The molecule has 0 bridgehead atoms. The van der Waals surface area contributed by atoms with Crippen molar-refractivity contribution in [3.05, 3.63) is 10.1 Å². The van der Waals surface area contributed by atoms with Gasteiger partial charge in [-0.2, -0.15) is 0 Å². The van der Waals surface area contributed by atoms with E-state index in [0.717, 1.165) is 6.42 Å². The van der Waals surface area contributed by atoms with Crippen LogP contribution in [0.15, 0.2) is 0 Å². The van der Waals surface area contributed by atoms with Gasteiger partial charge in [-0.15, -0.1) is 0 Å². The Bertz CT molecular complexity index is 299. The van der Waals surface area contributed by atoms with Crippen LogP contribution in [0.4, 0.5) is 0 Å².